The molecule has 6 nitrogen and oxygen atoms in total. The van der Waals surface area contributed by atoms with E-state index in [2.05, 4.69) is 10.6 Å². The second-order valence-electron chi connectivity index (χ2n) is 5.23. The molecule has 0 saturated carbocycles. The summed E-state index contributed by atoms with van der Waals surface area (Å²) in [7, 11) is 0. The Hall–Kier alpha value is -3.03. The molecule has 0 aromatic heterocycles. The lowest BCUT2D eigenvalue weighted by Gasteiger charge is -2.16. The van der Waals surface area contributed by atoms with Crippen LogP contribution < -0.4 is 15.4 Å². The molecule has 1 heterocycles. The van der Waals surface area contributed by atoms with Crippen molar-refractivity contribution in [1.29, 1.82) is 0 Å². The minimum Gasteiger partial charge on any atom is -0.422 e. The topological polar surface area (TPSA) is 84.5 Å². The van der Waals surface area contributed by atoms with Gasteiger partial charge in [-0.25, -0.2) is 4.79 Å². The molecule has 1 aliphatic heterocycles. The molecule has 0 atom stereocenters. The van der Waals surface area contributed by atoms with Crippen molar-refractivity contribution < 1.29 is 19.1 Å². The molecule has 0 radical (unpaired) electrons. The van der Waals surface area contributed by atoms with Gasteiger partial charge >= 0.3 is 5.97 Å². The first-order valence-corrected chi connectivity index (χ1v) is 8.18. The van der Waals surface area contributed by atoms with Crippen LogP contribution in [-0.4, -0.2) is 22.9 Å². The van der Waals surface area contributed by atoms with Crippen molar-refractivity contribution in [3.63, 3.8) is 0 Å². The van der Waals surface area contributed by atoms with Crippen LogP contribution in [-0.2, 0) is 9.59 Å². The summed E-state index contributed by atoms with van der Waals surface area (Å²) >= 11 is 10.6. The Morgan fingerprint density at radius 1 is 1.00 bits per heavy atom. The lowest BCUT2D eigenvalue weighted by Crippen LogP contribution is -2.51. The molecule has 0 aliphatic carbocycles. The van der Waals surface area contributed by atoms with E-state index in [1.807, 2.05) is 0 Å². The molecule has 2 amide bonds. The number of ether oxygens (including phenoxy) is 1. The van der Waals surface area contributed by atoms with Gasteiger partial charge in [-0.2, -0.15) is 0 Å². The molecule has 8 heteroatoms. The summed E-state index contributed by atoms with van der Waals surface area (Å²) < 4.78 is 5.39. The highest BCUT2D eigenvalue weighted by Crippen LogP contribution is 2.23. The monoisotopic (exact) mass is 386 g/mol. The van der Waals surface area contributed by atoms with Gasteiger partial charge in [0.15, 0.2) is 5.11 Å². The van der Waals surface area contributed by atoms with Gasteiger partial charge in [0, 0.05) is 10.6 Å². The Balaban J connectivity index is 1.89. The molecule has 0 unspecified atom stereocenters. The Morgan fingerprint density at radius 3 is 2.27 bits per heavy atom. The molecule has 2 aromatic carbocycles. The van der Waals surface area contributed by atoms with Crippen LogP contribution in [0.4, 0.5) is 0 Å². The third-order valence-corrected chi connectivity index (χ3v) is 3.90. The molecule has 0 bridgehead atoms. The quantitative estimate of drug-likeness (QED) is 0.278. The maximum Gasteiger partial charge on any atom is 0.343 e. The molecule has 1 fully saturated rings. The normalized spacial score (nSPS) is 13.7. The average molecular weight is 387 g/mol. The Kier molecular flexibility index (Phi) is 5.11. The summed E-state index contributed by atoms with van der Waals surface area (Å²) in [4.78, 5) is 36.2. The van der Waals surface area contributed by atoms with E-state index in [1.54, 1.807) is 36.4 Å². The van der Waals surface area contributed by atoms with Crippen molar-refractivity contribution in [1.82, 2.24) is 10.6 Å². The van der Waals surface area contributed by atoms with E-state index in [0.717, 1.165) is 0 Å². The fourth-order valence-electron chi connectivity index (χ4n) is 2.20. The summed E-state index contributed by atoms with van der Waals surface area (Å²) in [6.45, 7) is 0. The second-order valence-corrected chi connectivity index (χ2v) is 6.07. The zero-order valence-electron chi connectivity index (χ0n) is 13.1. The fourth-order valence-corrected chi connectivity index (χ4v) is 2.51. The van der Waals surface area contributed by atoms with Gasteiger partial charge < -0.3 is 4.74 Å². The lowest BCUT2D eigenvalue weighted by molar-refractivity contribution is -0.123. The second kappa shape index (κ2) is 7.47. The smallest absolute Gasteiger partial charge is 0.343 e. The standard InChI is InChI=1S/C18H11ClN2O4S/c19-12-7-5-10(6-8-12)17(24)25-14-4-2-1-3-11(14)9-13-15(22)20-18(26)21-16(13)23/h1-9H,(H2,20,21,22,23,26). The van der Waals surface area contributed by atoms with Crippen molar-refractivity contribution >= 4 is 52.8 Å². The summed E-state index contributed by atoms with van der Waals surface area (Å²) in [5.74, 6) is -1.64. The van der Waals surface area contributed by atoms with E-state index in [9.17, 15) is 14.4 Å². The van der Waals surface area contributed by atoms with Crippen LogP contribution in [0, 0.1) is 0 Å². The van der Waals surface area contributed by atoms with Crippen LogP contribution in [0.5, 0.6) is 5.75 Å². The van der Waals surface area contributed by atoms with Gasteiger partial charge in [0.1, 0.15) is 11.3 Å². The van der Waals surface area contributed by atoms with Crippen molar-refractivity contribution in [2.24, 2.45) is 0 Å². The predicted molar refractivity (Wildman–Crippen MR) is 99.7 cm³/mol. The van der Waals surface area contributed by atoms with E-state index >= 15 is 0 Å². The molecule has 3 rings (SSSR count). The highest BCUT2D eigenvalue weighted by molar-refractivity contribution is 7.80. The number of halogens is 1. The van der Waals surface area contributed by atoms with Gasteiger partial charge in [0.05, 0.1) is 5.56 Å². The Bertz CT molecular complexity index is 932. The molecular formula is C18H11ClN2O4S. The van der Waals surface area contributed by atoms with Crippen molar-refractivity contribution in [3.8, 4) is 5.75 Å². The number of rotatable bonds is 3. The number of esters is 1. The van der Waals surface area contributed by atoms with E-state index in [-0.39, 0.29) is 16.4 Å². The Morgan fingerprint density at radius 2 is 1.62 bits per heavy atom. The van der Waals surface area contributed by atoms with Gasteiger partial charge in [-0.05, 0) is 48.6 Å². The van der Waals surface area contributed by atoms with E-state index in [1.165, 1.54) is 18.2 Å². The minimum absolute atomic E-state index is 0.0559. The van der Waals surface area contributed by atoms with Gasteiger partial charge in [-0.3, -0.25) is 20.2 Å². The SMILES string of the molecule is O=C1NC(=S)NC(=O)C1=Cc1ccccc1OC(=O)c1ccc(Cl)cc1. The van der Waals surface area contributed by atoms with E-state index in [0.29, 0.717) is 16.1 Å². The maximum absolute atomic E-state index is 12.3. The van der Waals surface area contributed by atoms with E-state index < -0.39 is 17.8 Å². The first-order chi connectivity index (χ1) is 12.4. The maximum atomic E-state index is 12.3. The van der Waals surface area contributed by atoms with Crippen LogP contribution in [0.1, 0.15) is 15.9 Å². The number of carbonyl (C=O) groups is 3. The minimum atomic E-state index is -0.627. The molecule has 2 N–H and O–H groups in total. The first kappa shape index (κ1) is 17.8. The van der Waals surface area contributed by atoms with Crippen LogP contribution in [0.3, 0.4) is 0 Å². The number of amides is 2. The summed E-state index contributed by atoms with van der Waals surface area (Å²) in [6, 6.07) is 12.8. The van der Waals surface area contributed by atoms with Crippen LogP contribution >= 0.6 is 23.8 Å². The highest BCUT2D eigenvalue weighted by Gasteiger charge is 2.26. The highest BCUT2D eigenvalue weighted by atomic mass is 35.5. The van der Waals surface area contributed by atoms with Crippen molar-refractivity contribution in [2.45, 2.75) is 0 Å². The fraction of sp³-hybridized carbons (Fsp3) is 0. The van der Waals surface area contributed by atoms with Crippen molar-refractivity contribution in [3.05, 3.63) is 70.3 Å². The molecule has 1 saturated heterocycles. The predicted octanol–water partition coefficient (Wildman–Crippen LogP) is 2.47. The zero-order chi connectivity index (χ0) is 18.7. The molecular weight excluding hydrogens is 376 g/mol. The van der Waals surface area contributed by atoms with Crippen LogP contribution in [0.15, 0.2) is 54.1 Å². The van der Waals surface area contributed by atoms with E-state index in [4.69, 9.17) is 28.6 Å². The van der Waals surface area contributed by atoms with Gasteiger partial charge in [0.25, 0.3) is 11.8 Å². The summed E-state index contributed by atoms with van der Waals surface area (Å²) in [5, 5.41) is 5.13. The van der Waals surface area contributed by atoms with Gasteiger partial charge in [-0.1, -0.05) is 29.8 Å². The number of nitrogens with one attached hydrogen (secondary N) is 2. The molecule has 0 spiro atoms. The third kappa shape index (κ3) is 3.96. The first-order valence-electron chi connectivity index (χ1n) is 7.39. The number of hydrogen-bond acceptors (Lipinski definition) is 5. The molecule has 1 aliphatic rings. The van der Waals surface area contributed by atoms with Crippen LogP contribution in [0.2, 0.25) is 5.02 Å². The van der Waals surface area contributed by atoms with Crippen molar-refractivity contribution in [2.75, 3.05) is 0 Å². The molecule has 26 heavy (non-hydrogen) atoms. The number of hydrogen-bond donors (Lipinski definition) is 2. The summed E-state index contributed by atoms with van der Waals surface area (Å²) in [6.07, 6.45) is 1.33. The summed E-state index contributed by atoms with van der Waals surface area (Å²) in [5.41, 5.74) is 0.562. The number of para-hydroxylation sites is 1. The lowest BCUT2D eigenvalue weighted by atomic mass is 10.1. The largest absolute Gasteiger partial charge is 0.422 e. The third-order valence-electron chi connectivity index (χ3n) is 3.44. The molecule has 2 aromatic rings. The van der Waals surface area contributed by atoms with Gasteiger partial charge in [0.2, 0.25) is 0 Å². The van der Waals surface area contributed by atoms with Gasteiger partial charge in [-0.15, -0.1) is 0 Å². The average Bonchev–Trinajstić information content (AvgIpc) is 2.60. The number of carbonyl (C=O) groups excluding carboxylic acids is 3. The Labute approximate surface area is 158 Å². The molecule has 130 valence electrons. The zero-order valence-corrected chi connectivity index (χ0v) is 14.7. The number of thiocarbonyl (C=S) groups is 1. The van der Waals surface area contributed by atoms with Crippen LogP contribution in [0.25, 0.3) is 6.08 Å². The number of benzene rings is 2.